The minimum atomic E-state index is -1.02. The predicted molar refractivity (Wildman–Crippen MR) is 129 cm³/mol. The van der Waals surface area contributed by atoms with Gasteiger partial charge in [0.1, 0.15) is 19.3 Å². The summed E-state index contributed by atoms with van der Waals surface area (Å²) in [6, 6.07) is 7.09. The zero-order valence-corrected chi connectivity index (χ0v) is 20.8. The maximum atomic E-state index is 11.1. The standard InChI is InChI=1S/C24H29ClN4O6/c1-13(2)5-17-7-16(6-14(3)27-17)24-28-23(29-35-24)15-8-19(25)22(20(9-15)33-4)34-12-18(31)10-26-21(32)11-30/h6-9,13,18,30-31H,5,10-12H2,1-4H3,(H,26,32)/t18-/m1/s1. The van der Waals surface area contributed by atoms with Crippen molar-refractivity contribution in [1.82, 2.24) is 20.4 Å². The first kappa shape index (κ1) is 26.4. The zero-order chi connectivity index (χ0) is 25.5. The van der Waals surface area contributed by atoms with Crippen LogP contribution in [-0.2, 0) is 11.2 Å². The van der Waals surface area contributed by atoms with Crippen LogP contribution < -0.4 is 14.8 Å². The van der Waals surface area contributed by atoms with Gasteiger partial charge < -0.3 is 29.5 Å². The van der Waals surface area contributed by atoms with Crippen LogP contribution in [0.1, 0.15) is 25.2 Å². The molecule has 1 amide bonds. The molecule has 3 aromatic rings. The first-order valence-electron chi connectivity index (χ1n) is 11.1. The largest absolute Gasteiger partial charge is 0.493 e. The summed E-state index contributed by atoms with van der Waals surface area (Å²) in [4.78, 5) is 20.2. The minimum absolute atomic E-state index is 0.0869. The number of benzene rings is 1. The van der Waals surface area contributed by atoms with Crippen LogP contribution in [0.15, 0.2) is 28.8 Å². The number of rotatable bonds is 11. The molecule has 35 heavy (non-hydrogen) atoms. The van der Waals surface area contributed by atoms with E-state index in [9.17, 15) is 9.90 Å². The highest BCUT2D eigenvalue weighted by molar-refractivity contribution is 6.32. The van der Waals surface area contributed by atoms with E-state index < -0.39 is 18.6 Å². The number of carbonyl (C=O) groups excluding carboxylic acids is 1. The number of aryl methyl sites for hydroxylation is 1. The summed E-state index contributed by atoms with van der Waals surface area (Å²) in [6.07, 6.45) is -0.179. The van der Waals surface area contributed by atoms with Gasteiger partial charge in [0.15, 0.2) is 11.5 Å². The van der Waals surface area contributed by atoms with Gasteiger partial charge in [-0.1, -0.05) is 30.6 Å². The number of methoxy groups -OCH3 is 1. The van der Waals surface area contributed by atoms with Crippen molar-refractivity contribution in [3.8, 4) is 34.3 Å². The Balaban J connectivity index is 1.79. The lowest BCUT2D eigenvalue weighted by Gasteiger charge is -2.16. The smallest absolute Gasteiger partial charge is 0.258 e. The first-order valence-corrected chi connectivity index (χ1v) is 11.5. The molecule has 1 atom stereocenters. The SMILES string of the molecule is COc1cc(-c2noc(-c3cc(C)nc(CC(C)C)c3)n2)cc(Cl)c1OC[C@H](O)CNC(=O)CO. The molecule has 0 aliphatic rings. The molecule has 2 aromatic heterocycles. The Bertz CT molecular complexity index is 1170. The molecule has 0 aliphatic heterocycles. The number of aliphatic hydroxyl groups excluding tert-OH is 2. The number of aliphatic hydroxyl groups is 2. The molecule has 3 rings (SSSR count). The van der Waals surface area contributed by atoms with Crippen molar-refractivity contribution in [2.45, 2.75) is 33.3 Å². The van der Waals surface area contributed by atoms with Gasteiger partial charge in [-0.05, 0) is 43.5 Å². The minimum Gasteiger partial charge on any atom is -0.493 e. The van der Waals surface area contributed by atoms with Crippen LogP contribution in [0.3, 0.4) is 0 Å². The van der Waals surface area contributed by atoms with E-state index in [2.05, 4.69) is 34.3 Å². The summed E-state index contributed by atoms with van der Waals surface area (Å²) in [5, 5.41) is 25.4. The fourth-order valence-electron chi connectivity index (χ4n) is 3.36. The molecule has 0 saturated carbocycles. The predicted octanol–water partition coefficient (Wildman–Crippen LogP) is 2.82. The third-order valence-corrected chi connectivity index (χ3v) is 5.16. The lowest BCUT2D eigenvalue weighted by molar-refractivity contribution is -0.124. The fourth-order valence-corrected chi connectivity index (χ4v) is 3.62. The maximum absolute atomic E-state index is 11.1. The summed E-state index contributed by atoms with van der Waals surface area (Å²) in [7, 11) is 1.46. The molecule has 3 N–H and O–H groups in total. The zero-order valence-electron chi connectivity index (χ0n) is 20.0. The van der Waals surface area contributed by atoms with Crippen LogP contribution in [0.5, 0.6) is 11.5 Å². The van der Waals surface area contributed by atoms with E-state index in [4.69, 9.17) is 30.7 Å². The second-order valence-corrected chi connectivity index (χ2v) is 8.83. The molecular weight excluding hydrogens is 476 g/mol. The molecule has 0 fully saturated rings. The van der Waals surface area contributed by atoms with Gasteiger partial charge in [-0.15, -0.1) is 0 Å². The average Bonchev–Trinajstić information content (AvgIpc) is 3.31. The second-order valence-electron chi connectivity index (χ2n) is 8.43. The van der Waals surface area contributed by atoms with E-state index in [1.54, 1.807) is 12.1 Å². The van der Waals surface area contributed by atoms with Crippen LogP contribution >= 0.6 is 11.6 Å². The number of hydrogen-bond acceptors (Lipinski definition) is 9. The normalized spacial score (nSPS) is 12.0. The average molecular weight is 505 g/mol. The molecular formula is C24H29ClN4O6. The number of nitrogens with one attached hydrogen (secondary N) is 1. The van der Waals surface area contributed by atoms with Crippen molar-refractivity contribution in [2.24, 2.45) is 5.92 Å². The number of ether oxygens (including phenoxy) is 2. The van der Waals surface area contributed by atoms with E-state index in [-0.39, 0.29) is 23.9 Å². The van der Waals surface area contributed by atoms with Crippen LogP contribution in [0.4, 0.5) is 0 Å². The Labute approximate surface area is 208 Å². The van der Waals surface area contributed by atoms with Gasteiger partial charge in [0.2, 0.25) is 11.7 Å². The number of aromatic nitrogens is 3. The van der Waals surface area contributed by atoms with Crippen molar-refractivity contribution in [1.29, 1.82) is 0 Å². The van der Waals surface area contributed by atoms with Gasteiger partial charge in [-0.3, -0.25) is 9.78 Å². The Morgan fingerprint density at radius 2 is 1.97 bits per heavy atom. The number of nitrogens with zero attached hydrogens (tertiary/aromatic N) is 3. The van der Waals surface area contributed by atoms with E-state index in [1.807, 2.05) is 19.1 Å². The van der Waals surface area contributed by atoms with Crippen molar-refractivity contribution in [3.63, 3.8) is 0 Å². The molecule has 188 valence electrons. The quantitative estimate of drug-likeness (QED) is 0.359. The van der Waals surface area contributed by atoms with E-state index in [1.165, 1.54) is 7.11 Å². The molecule has 11 heteroatoms. The number of amides is 1. The number of carbonyl (C=O) groups is 1. The Morgan fingerprint density at radius 1 is 1.20 bits per heavy atom. The summed E-state index contributed by atoms with van der Waals surface area (Å²) in [5.41, 5.74) is 3.16. The number of halogens is 1. The monoisotopic (exact) mass is 504 g/mol. The van der Waals surface area contributed by atoms with Crippen molar-refractivity contribution >= 4 is 17.5 Å². The highest BCUT2D eigenvalue weighted by atomic mass is 35.5. The van der Waals surface area contributed by atoms with Gasteiger partial charge in [0.25, 0.3) is 5.89 Å². The highest BCUT2D eigenvalue weighted by Crippen LogP contribution is 2.39. The molecule has 0 unspecified atom stereocenters. The molecule has 10 nitrogen and oxygen atoms in total. The van der Waals surface area contributed by atoms with Crippen molar-refractivity contribution < 1.29 is 29.0 Å². The summed E-state index contributed by atoms with van der Waals surface area (Å²) >= 11 is 6.43. The highest BCUT2D eigenvalue weighted by Gasteiger charge is 2.19. The summed E-state index contributed by atoms with van der Waals surface area (Å²) in [6.45, 7) is 5.28. The van der Waals surface area contributed by atoms with Crippen LogP contribution in [-0.4, -0.2) is 64.2 Å². The maximum Gasteiger partial charge on any atom is 0.258 e. The van der Waals surface area contributed by atoms with Gasteiger partial charge >= 0.3 is 0 Å². The summed E-state index contributed by atoms with van der Waals surface area (Å²) in [5.74, 6) is 1.08. The number of hydrogen-bond donors (Lipinski definition) is 3. The van der Waals surface area contributed by atoms with Crippen molar-refractivity contribution in [2.75, 3.05) is 26.9 Å². The van der Waals surface area contributed by atoms with E-state index in [0.717, 1.165) is 23.4 Å². The van der Waals surface area contributed by atoms with E-state index in [0.29, 0.717) is 28.9 Å². The molecule has 0 radical (unpaired) electrons. The van der Waals surface area contributed by atoms with E-state index >= 15 is 0 Å². The first-order chi connectivity index (χ1) is 16.7. The molecule has 0 aliphatic carbocycles. The van der Waals surface area contributed by atoms with Gasteiger partial charge in [0.05, 0.1) is 12.1 Å². The molecule has 0 bridgehead atoms. The lowest BCUT2D eigenvalue weighted by Crippen LogP contribution is -2.36. The second kappa shape index (κ2) is 12.0. The third-order valence-electron chi connectivity index (χ3n) is 4.88. The van der Waals surface area contributed by atoms with Crippen LogP contribution in [0, 0.1) is 12.8 Å². The van der Waals surface area contributed by atoms with Crippen molar-refractivity contribution in [3.05, 3.63) is 40.7 Å². The third kappa shape index (κ3) is 7.14. The lowest BCUT2D eigenvalue weighted by atomic mass is 10.1. The van der Waals surface area contributed by atoms with Gasteiger partial charge in [0, 0.05) is 29.1 Å². The summed E-state index contributed by atoms with van der Waals surface area (Å²) < 4.78 is 16.5. The molecule has 0 saturated heterocycles. The van der Waals surface area contributed by atoms with Gasteiger partial charge in [-0.25, -0.2) is 0 Å². The Morgan fingerprint density at radius 3 is 2.66 bits per heavy atom. The molecule has 2 heterocycles. The Hall–Kier alpha value is -3.21. The molecule has 1 aromatic carbocycles. The van der Waals surface area contributed by atoms with Crippen LogP contribution in [0.2, 0.25) is 5.02 Å². The number of pyridine rings is 1. The van der Waals surface area contributed by atoms with Crippen LogP contribution in [0.25, 0.3) is 22.8 Å². The molecule has 0 spiro atoms. The fraction of sp³-hybridized carbons (Fsp3) is 0.417. The Kier molecular flexibility index (Phi) is 9.02. The topological polar surface area (TPSA) is 140 Å². The van der Waals surface area contributed by atoms with Gasteiger partial charge in [-0.2, -0.15) is 4.98 Å².